The highest BCUT2D eigenvalue weighted by atomic mass is 15.3. The van der Waals surface area contributed by atoms with Crippen molar-refractivity contribution in [3.8, 4) is 0 Å². The van der Waals surface area contributed by atoms with Crippen molar-refractivity contribution in [1.82, 2.24) is 4.90 Å². The predicted octanol–water partition coefficient (Wildman–Crippen LogP) is 2.41. The summed E-state index contributed by atoms with van der Waals surface area (Å²) in [6.45, 7) is 2.45. The minimum Gasteiger partial charge on any atom is -0.295 e. The van der Waals surface area contributed by atoms with Gasteiger partial charge in [0.15, 0.2) is 0 Å². The van der Waals surface area contributed by atoms with Crippen LogP contribution in [0.2, 0.25) is 0 Å². The zero-order valence-electron chi connectivity index (χ0n) is 8.27. The summed E-state index contributed by atoms with van der Waals surface area (Å²) in [5, 5.41) is 0. The summed E-state index contributed by atoms with van der Waals surface area (Å²) in [7, 11) is 2.38. The molecule has 0 aromatic heterocycles. The summed E-state index contributed by atoms with van der Waals surface area (Å²) in [4.78, 5) is 2.75. The molecule has 0 aromatic rings. The first-order chi connectivity index (χ1) is 5.67. The van der Waals surface area contributed by atoms with Crippen LogP contribution in [0.1, 0.15) is 45.4 Å². The van der Waals surface area contributed by atoms with Crippen LogP contribution in [0.15, 0.2) is 0 Å². The molecule has 2 spiro atoms. The van der Waals surface area contributed by atoms with E-state index in [4.69, 9.17) is 0 Å². The van der Waals surface area contributed by atoms with Crippen LogP contribution in [0.4, 0.5) is 0 Å². The van der Waals surface area contributed by atoms with Gasteiger partial charge in [-0.2, -0.15) is 0 Å². The summed E-state index contributed by atoms with van der Waals surface area (Å²) in [5.74, 6) is 0.992. The molecule has 0 N–H and O–H groups in total. The van der Waals surface area contributed by atoms with E-state index >= 15 is 0 Å². The standard InChI is InChI=1S/C11H19N/c1-9-7-10(3-4-10)12(2)11(8-9)5-6-11/h9H,3-8H2,1-2H3. The zero-order chi connectivity index (χ0) is 8.40. The number of piperidine rings is 1. The minimum absolute atomic E-state index is 0.689. The summed E-state index contributed by atoms with van der Waals surface area (Å²) in [6.07, 6.45) is 8.88. The average molecular weight is 165 g/mol. The van der Waals surface area contributed by atoms with E-state index in [0.29, 0.717) is 11.1 Å². The van der Waals surface area contributed by atoms with Crippen molar-refractivity contribution in [2.24, 2.45) is 5.92 Å². The smallest absolute Gasteiger partial charge is 0.0216 e. The minimum atomic E-state index is 0.689. The third kappa shape index (κ3) is 0.783. The molecule has 1 nitrogen and oxygen atoms in total. The lowest BCUT2D eigenvalue weighted by Gasteiger charge is -2.44. The molecule has 1 aliphatic heterocycles. The van der Waals surface area contributed by atoms with Crippen LogP contribution in [0.3, 0.4) is 0 Å². The second kappa shape index (κ2) is 1.89. The molecule has 1 heteroatoms. The highest BCUT2D eigenvalue weighted by Crippen LogP contribution is 2.61. The Morgan fingerprint density at radius 1 is 1.00 bits per heavy atom. The molecule has 12 heavy (non-hydrogen) atoms. The Labute approximate surface area is 75.1 Å². The van der Waals surface area contributed by atoms with Crippen molar-refractivity contribution in [2.75, 3.05) is 7.05 Å². The van der Waals surface area contributed by atoms with E-state index in [0.717, 1.165) is 5.92 Å². The van der Waals surface area contributed by atoms with Crippen molar-refractivity contribution in [3.63, 3.8) is 0 Å². The Kier molecular flexibility index (Phi) is 1.16. The van der Waals surface area contributed by atoms with Crippen molar-refractivity contribution in [2.45, 2.75) is 56.5 Å². The molecule has 2 aliphatic carbocycles. The van der Waals surface area contributed by atoms with E-state index in [1.807, 2.05) is 0 Å². The van der Waals surface area contributed by atoms with Gasteiger partial charge in [-0.1, -0.05) is 6.92 Å². The molecule has 3 fully saturated rings. The van der Waals surface area contributed by atoms with Crippen LogP contribution >= 0.6 is 0 Å². The lowest BCUT2D eigenvalue weighted by molar-refractivity contribution is 0.0509. The normalized spacial score (nSPS) is 42.0. The van der Waals surface area contributed by atoms with Gasteiger partial charge in [0.05, 0.1) is 0 Å². The fourth-order valence-electron chi connectivity index (χ4n) is 3.51. The SMILES string of the molecule is CC1CC2(CC2)N(C)C2(CC2)C1. The first-order valence-electron chi connectivity index (χ1n) is 5.41. The Balaban J connectivity index is 1.89. The highest BCUT2D eigenvalue weighted by Gasteiger charge is 2.61. The molecular formula is C11H19N. The van der Waals surface area contributed by atoms with Crippen molar-refractivity contribution in [3.05, 3.63) is 0 Å². The van der Waals surface area contributed by atoms with Crippen molar-refractivity contribution in [1.29, 1.82) is 0 Å². The van der Waals surface area contributed by atoms with Gasteiger partial charge in [0, 0.05) is 11.1 Å². The van der Waals surface area contributed by atoms with Gasteiger partial charge in [0.2, 0.25) is 0 Å². The predicted molar refractivity (Wildman–Crippen MR) is 50.1 cm³/mol. The molecule has 0 unspecified atom stereocenters. The monoisotopic (exact) mass is 165 g/mol. The largest absolute Gasteiger partial charge is 0.295 e. The lowest BCUT2D eigenvalue weighted by Crippen LogP contribution is -2.49. The fourth-order valence-corrected chi connectivity index (χ4v) is 3.51. The number of nitrogens with zero attached hydrogens (tertiary/aromatic N) is 1. The lowest BCUT2D eigenvalue weighted by atomic mass is 9.84. The van der Waals surface area contributed by atoms with Crippen LogP contribution in [0, 0.1) is 5.92 Å². The number of likely N-dealkylation sites (tertiary alicyclic amines) is 1. The molecule has 3 aliphatic rings. The van der Waals surface area contributed by atoms with Gasteiger partial charge in [0.1, 0.15) is 0 Å². The van der Waals surface area contributed by atoms with E-state index in [1.54, 1.807) is 0 Å². The maximum Gasteiger partial charge on any atom is 0.0216 e. The molecule has 0 bridgehead atoms. The second-order valence-electron chi connectivity index (χ2n) is 5.52. The van der Waals surface area contributed by atoms with Gasteiger partial charge in [-0.25, -0.2) is 0 Å². The maximum atomic E-state index is 2.75. The molecule has 3 rings (SSSR count). The van der Waals surface area contributed by atoms with E-state index in [1.165, 1.54) is 38.5 Å². The first kappa shape index (κ1) is 7.37. The quantitative estimate of drug-likeness (QED) is 0.533. The van der Waals surface area contributed by atoms with Gasteiger partial charge >= 0.3 is 0 Å². The van der Waals surface area contributed by atoms with E-state index < -0.39 is 0 Å². The number of hydrogen-bond donors (Lipinski definition) is 0. The first-order valence-corrected chi connectivity index (χ1v) is 5.41. The molecule has 1 heterocycles. The summed E-state index contributed by atoms with van der Waals surface area (Å²) >= 11 is 0. The number of hydrogen-bond acceptors (Lipinski definition) is 1. The van der Waals surface area contributed by atoms with E-state index in [-0.39, 0.29) is 0 Å². The van der Waals surface area contributed by atoms with Crippen LogP contribution in [0.25, 0.3) is 0 Å². The summed E-state index contributed by atoms with van der Waals surface area (Å²) < 4.78 is 0. The molecule has 0 amide bonds. The van der Waals surface area contributed by atoms with E-state index in [2.05, 4.69) is 18.9 Å². The van der Waals surface area contributed by atoms with Crippen LogP contribution in [-0.4, -0.2) is 23.0 Å². The molecule has 68 valence electrons. The molecule has 0 radical (unpaired) electrons. The van der Waals surface area contributed by atoms with Gasteiger partial charge in [-0.3, -0.25) is 4.90 Å². The molecule has 0 atom stereocenters. The van der Waals surface area contributed by atoms with Gasteiger partial charge in [0.25, 0.3) is 0 Å². The molecule has 2 saturated carbocycles. The third-order valence-corrected chi connectivity index (χ3v) is 4.53. The average Bonchev–Trinajstić information content (AvgIpc) is 2.85. The highest BCUT2D eigenvalue weighted by molar-refractivity contribution is 5.18. The topological polar surface area (TPSA) is 3.24 Å². The van der Waals surface area contributed by atoms with Crippen molar-refractivity contribution >= 4 is 0 Å². The number of rotatable bonds is 0. The second-order valence-corrected chi connectivity index (χ2v) is 5.52. The third-order valence-electron chi connectivity index (χ3n) is 4.53. The summed E-state index contributed by atoms with van der Waals surface area (Å²) in [5.41, 5.74) is 1.38. The Morgan fingerprint density at radius 2 is 1.42 bits per heavy atom. The Morgan fingerprint density at radius 3 is 1.75 bits per heavy atom. The zero-order valence-corrected chi connectivity index (χ0v) is 8.27. The van der Waals surface area contributed by atoms with Crippen molar-refractivity contribution < 1.29 is 0 Å². The summed E-state index contributed by atoms with van der Waals surface area (Å²) in [6, 6.07) is 0. The Hall–Kier alpha value is -0.0400. The van der Waals surface area contributed by atoms with Gasteiger partial charge < -0.3 is 0 Å². The van der Waals surface area contributed by atoms with E-state index in [9.17, 15) is 0 Å². The van der Waals surface area contributed by atoms with Crippen LogP contribution < -0.4 is 0 Å². The molecular weight excluding hydrogens is 146 g/mol. The fraction of sp³-hybridized carbons (Fsp3) is 1.00. The Bertz CT molecular complexity index is 191. The van der Waals surface area contributed by atoms with Crippen LogP contribution in [0.5, 0.6) is 0 Å². The maximum absolute atomic E-state index is 2.75. The van der Waals surface area contributed by atoms with Crippen LogP contribution in [-0.2, 0) is 0 Å². The van der Waals surface area contributed by atoms with Gasteiger partial charge in [-0.15, -0.1) is 0 Å². The molecule has 1 saturated heterocycles. The van der Waals surface area contributed by atoms with Gasteiger partial charge in [-0.05, 0) is 51.5 Å². The molecule has 0 aromatic carbocycles.